The van der Waals surface area contributed by atoms with Crippen molar-refractivity contribution in [3.63, 3.8) is 0 Å². The van der Waals surface area contributed by atoms with Gasteiger partial charge in [0.05, 0.1) is 5.60 Å². The number of amides is 1. The Morgan fingerprint density at radius 1 is 1.23 bits per heavy atom. The van der Waals surface area contributed by atoms with Crippen molar-refractivity contribution in [2.75, 3.05) is 13.1 Å². The molecule has 3 aliphatic rings. The van der Waals surface area contributed by atoms with Crippen molar-refractivity contribution in [2.24, 2.45) is 11.3 Å². The molecule has 1 aromatic rings. The Morgan fingerprint density at radius 3 is 2.54 bits per heavy atom. The first kappa shape index (κ1) is 17.9. The number of likely N-dealkylation sites (tertiary alicyclic amines) is 1. The van der Waals surface area contributed by atoms with E-state index in [1.54, 1.807) is 19.1 Å². The summed E-state index contributed by atoms with van der Waals surface area (Å²) >= 11 is 0. The zero-order valence-corrected chi connectivity index (χ0v) is 15.5. The first-order valence-corrected chi connectivity index (χ1v) is 9.57. The SMILES string of the molecule is Cc1cc(C(F)F)cc([C@@H]2CCC3(C2)CN(C(=O)C2CC(C)(O)C2)C3)c1. The van der Waals surface area contributed by atoms with Crippen molar-refractivity contribution in [1.82, 2.24) is 4.90 Å². The van der Waals surface area contributed by atoms with Crippen LogP contribution in [0.1, 0.15) is 68.1 Å². The number of halogens is 2. The minimum atomic E-state index is -2.43. The molecule has 1 spiro atoms. The van der Waals surface area contributed by atoms with E-state index in [0.29, 0.717) is 18.8 Å². The summed E-state index contributed by atoms with van der Waals surface area (Å²) in [5, 5.41) is 9.83. The molecule has 0 bridgehead atoms. The van der Waals surface area contributed by atoms with Crippen molar-refractivity contribution < 1.29 is 18.7 Å². The molecule has 4 rings (SSSR count). The molecule has 3 nitrogen and oxygen atoms in total. The van der Waals surface area contributed by atoms with Gasteiger partial charge in [-0.1, -0.05) is 17.7 Å². The second-order valence-corrected chi connectivity index (χ2v) is 9.21. The fourth-order valence-electron chi connectivity index (χ4n) is 5.34. The molecule has 1 N–H and O–H groups in total. The number of carbonyl (C=O) groups is 1. The van der Waals surface area contributed by atoms with E-state index in [1.807, 2.05) is 17.9 Å². The third-order valence-corrected chi connectivity index (χ3v) is 6.63. The van der Waals surface area contributed by atoms with Crippen molar-refractivity contribution in [3.05, 3.63) is 34.9 Å². The Kier molecular flexibility index (Phi) is 4.14. The van der Waals surface area contributed by atoms with Gasteiger partial charge in [-0.2, -0.15) is 0 Å². The smallest absolute Gasteiger partial charge is 0.263 e. The van der Waals surface area contributed by atoms with Gasteiger partial charge in [0.1, 0.15) is 0 Å². The average molecular weight is 363 g/mol. The van der Waals surface area contributed by atoms with Gasteiger partial charge in [-0.3, -0.25) is 4.79 Å². The highest BCUT2D eigenvalue weighted by Crippen LogP contribution is 2.53. The number of aliphatic hydroxyl groups is 1. The van der Waals surface area contributed by atoms with Crippen LogP contribution in [-0.2, 0) is 4.79 Å². The van der Waals surface area contributed by atoms with E-state index in [4.69, 9.17) is 0 Å². The number of rotatable bonds is 3. The summed E-state index contributed by atoms with van der Waals surface area (Å²) in [6.45, 7) is 5.23. The van der Waals surface area contributed by atoms with E-state index in [1.165, 1.54) is 0 Å². The van der Waals surface area contributed by atoms with E-state index < -0.39 is 12.0 Å². The first-order chi connectivity index (χ1) is 12.2. The molecule has 2 aliphatic carbocycles. The molecule has 0 aromatic heterocycles. The number of aryl methyl sites for hydroxylation is 1. The normalized spacial score (nSPS) is 32.6. The molecule has 1 saturated heterocycles. The van der Waals surface area contributed by atoms with Gasteiger partial charge in [0, 0.05) is 30.0 Å². The van der Waals surface area contributed by atoms with E-state index in [0.717, 1.165) is 43.5 Å². The second-order valence-electron chi connectivity index (χ2n) is 9.21. The van der Waals surface area contributed by atoms with Gasteiger partial charge in [0.15, 0.2) is 0 Å². The maximum atomic E-state index is 13.1. The van der Waals surface area contributed by atoms with Gasteiger partial charge < -0.3 is 10.0 Å². The van der Waals surface area contributed by atoms with Gasteiger partial charge in [-0.05, 0) is 63.5 Å². The van der Waals surface area contributed by atoms with Gasteiger partial charge in [-0.25, -0.2) is 8.78 Å². The Hall–Kier alpha value is -1.49. The molecular weight excluding hydrogens is 336 g/mol. The number of alkyl halides is 2. The second kappa shape index (κ2) is 6.01. The first-order valence-electron chi connectivity index (χ1n) is 9.57. The lowest BCUT2D eigenvalue weighted by molar-refractivity contribution is -0.161. The quantitative estimate of drug-likeness (QED) is 0.875. The summed E-state index contributed by atoms with van der Waals surface area (Å²) in [5.74, 6) is 0.472. The van der Waals surface area contributed by atoms with Crippen LogP contribution in [0.5, 0.6) is 0 Å². The van der Waals surface area contributed by atoms with Gasteiger partial charge >= 0.3 is 0 Å². The van der Waals surface area contributed by atoms with Crippen LogP contribution in [0.15, 0.2) is 18.2 Å². The molecule has 3 fully saturated rings. The van der Waals surface area contributed by atoms with E-state index in [2.05, 4.69) is 0 Å². The highest BCUT2D eigenvalue weighted by Gasteiger charge is 2.53. The maximum absolute atomic E-state index is 13.1. The Balaban J connectivity index is 1.37. The number of carbonyl (C=O) groups excluding carboxylic acids is 1. The molecule has 1 heterocycles. The maximum Gasteiger partial charge on any atom is 0.263 e. The number of hydrogen-bond acceptors (Lipinski definition) is 2. The van der Waals surface area contributed by atoms with Crippen LogP contribution in [0, 0.1) is 18.3 Å². The minimum Gasteiger partial charge on any atom is -0.390 e. The van der Waals surface area contributed by atoms with Crippen LogP contribution < -0.4 is 0 Å². The fraction of sp³-hybridized carbons (Fsp3) is 0.667. The Morgan fingerprint density at radius 2 is 1.92 bits per heavy atom. The summed E-state index contributed by atoms with van der Waals surface area (Å²) in [4.78, 5) is 14.4. The molecule has 1 amide bonds. The standard InChI is InChI=1S/C21H27F2NO2/c1-13-5-15(7-16(6-13)18(22)23)14-3-4-21(10-14)11-24(12-21)19(25)17-8-20(2,26)9-17/h5-7,14,17-18,26H,3-4,8-12H2,1-2H3/t14-,17?,20?/m1/s1. The Bertz CT molecular complexity index is 717. The molecule has 5 heteroatoms. The van der Waals surface area contributed by atoms with E-state index in [9.17, 15) is 18.7 Å². The molecule has 0 unspecified atom stereocenters. The summed E-state index contributed by atoms with van der Waals surface area (Å²) < 4.78 is 26.2. The minimum absolute atomic E-state index is 0.0232. The molecule has 1 aromatic carbocycles. The summed E-state index contributed by atoms with van der Waals surface area (Å²) in [5.41, 5.74) is 1.53. The number of nitrogens with zero attached hydrogens (tertiary/aromatic N) is 1. The van der Waals surface area contributed by atoms with Gasteiger partial charge in [0.25, 0.3) is 6.43 Å². The highest BCUT2D eigenvalue weighted by atomic mass is 19.3. The van der Waals surface area contributed by atoms with Gasteiger partial charge in [0.2, 0.25) is 5.91 Å². The van der Waals surface area contributed by atoms with Crippen molar-refractivity contribution in [3.8, 4) is 0 Å². The lowest BCUT2D eigenvalue weighted by Gasteiger charge is -2.52. The average Bonchev–Trinajstić information content (AvgIpc) is 2.95. The van der Waals surface area contributed by atoms with Crippen molar-refractivity contribution in [1.29, 1.82) is 0 Å². The number of benzene rings is 1. The number of hydrogen-bond donors (Lipinski definition) is 1. The molecule has 142 valence electrons. The molecule has 2 saturated carbocycles. The largest absolute Gasteiger partial charge is 0.390 e. The van der Waals surface area contributed by atoms with Crippen LogP contribution in [0.2, 0.25) is 0 Å². The van der Waals surface area contributed by atoms with Crippen LogP contribution in [0.4, 0.5) is 8.78 Å². The van der Waals surface area contributed by atoms with Crippen molar-refractivity contribution >= 4 is 5.91 Å². The zero-order chi connectivity index (χ0) is 18.7. The van der Waals surface area contributed by atoms with E-state index in [-0.39, 0.29) is 22.8 Å². The predicted molar refractivity (Wildman–Crippen MR) is 95.1 cm³/mol. The molecule has 1 aliphatic heterocycles. The lowest BCUT2D eigenvalue weighted by atomic mass is 9.69. The summed E-state index contributed by atoms with van der Waals surface area (Å²) in [7, 11) is 0. The molecule has 26 heavy (non-hydrogen) atoms. The monoisotopic (exact) mass is 363 g/mol. The molecule has 1 atom stereocenters. The topological polar surface area (TPSA) is 40.5 Å². The van der Waals surface area contributed by atoms with Crippen LogP contribution in [-0.4, -0.2) is 34.6 Å². The molecule has 0 radical (unpaired) electrons. The molecular formula is C21H27F2NO2. The van der Waals surface area contributed by atoms with Crippen LogP contribution in [0.3, 0.4) is 0 Å². The zero-order valence-electron chi connectivity index (χ0n) is 15.5. The van der Waals surface area contributed by atoms with Crippen LogP contribution >= 0.6 is 0 Å². The fourth-order valence-corrected chi connectivity index (χ4v) is 5.34. The van der Waals surface area contributed by atoms with Crippen molar-refractivity contribution in [2.45, 2.75) is 63.9 Å². The third kappa shape index (κ3) is 3.15. The third-order valence-electron chi connectivity index (χ3n) is 6.63. The lowest BCUT2D eigenvalue weighted by Crippen LogP contribution is -2.61. The highest BCUT2D eigenvalue weighted by molar-refractivity contribution is 5.81. The predicted octanol–water partition coefficient (Wildman–Crippen LogP) is 4.19. The van der Waals surface area contributed by atoms with Crippen LogP contribution in [0.25, 0.3) is 0 Å². The van der Waals surface area contributed by atoms with E-state index >= 15 is 0 Å². The Labute approximate surface area is 153 Å². The summed E-state index contributed by atoms with van der Waals surface area (Å²) in [6, 6.07) is 5.27. The van der Waals surface area contributed by atoms with Gasteiger partial charge in [-0.15, -0.1) is 0 Å². The summed E-state index contributed by atoms with van der Waals surface area (Å²) in [6.07, 6.45) is 1.75.